The lowest BCUT2D eigenvalue weighted by atomic mass is 10.2. The molecule has 114 valence electrons. The van der Waals surface area contributed by atoms with Crippen molar-refractivity contribution >= 4 is 23.1 Å². The number of anilines is 1. The third-order valence-electron chi connectivity index (χ3n) is 2.79. The van der Waals surface area contributed by atoms with Gasteiger partial charge in [0.2, 0.25) is 5.91 Å². The summed E-state index contributed by atoms with van der Waals surface area (Å²) in [4.78, 5) is 18.2. The number of ether oxygens (including phenoxy) is 1. The highest BCUT2D eigenvalue weighted by Crippen LogP contribution is 2.24. The van der Waals surface area contributed by atoms with Crippen molar-refractivity contribution in [2.24, 2.45) is 4.99 Å². The van der Waals surface area contributed by atoms with E-state index in [1.807, 2.05) is 69.3 Å². The van der Waals surface area contributed by atoms with Gasteiger partial charge in [0.15, 0.2) is 0 Å². The molecule has 1 amide bonds. The number of aliphatic imine (C=N–C) groups is 1. The molecule has 0 fully saturated rings. The summed E-state index contributed by atoms with van der Waals surface area (Å²) in [6, 6.07) is 7.44. The van der Waals surface area contributed by atoms with Crippen LogP contribution >= 0.6 is 0 Å². The lowest BCUT2D eigenvalue weighted by Crippen LogP contribution is -2.19. The number of hydrogen-bond acceptors (Lipinski definition) is 3. The molecule has 0 spiro atoms. The number of nitrogens with one attached hydrogen (secondary N) is 1. The highest BCUT2D eigenvalue weighted by atomic mass is 16.5. The van der Waals surface area contributed by atoms with Gasteiger partial charge in [-0.1, -0.05) is 24.3 Å². The van der Waals surface area contributed by atoms with E-state index in [1.165, 1.54) is 0 Å². The number of carbonyl (C=O) groups is 1. The summed E-state index contributed by atoms with van der Waals surface area (Å²) in [6.45, 7) is 4.28. The predicted molar refractivity (Wildman–Crippen MR) is 87.2 cm³/mol. The first kappa shape index (κ1) is 16.9. The average molecular weight is 289 g/mol. The normalized spacial score (nSPS) is 11.7. The van der Waals surface area contributed by atoms with Crippen molar-refractivity contribution in [2.45, 2.75) is 13.8 Å². The Kier molecular flexibility index (Phi) is 7.18. The van der Waals surface area contributed by atoms with E-state index in [9.17, 15) is 4.79 Å². The number of amidine groups is 1. The Bertz CT molecular complexity index is 522. The molecule has 1 N–H and O–H groups in total. The summed E-state index contributed by atoms with van der Waals surface area (Å²) in [6.07, 6.45) is 3.73. The minimum atomic E-state index is -0.190. The standard InChI is InChI=1S/C16H23N3O2/c1-5-6-11-21-12-16(20)18-15-10-8-7-9-14(15)17-13(2)19(3)4/h5-10H,11-12H2,1-4H3,(H,18,20). The van der Waals surface area contributed by atoms with Crippen LogP contribution in [0.2, 0.25) is 0 Å². The van der Waals surface area contributed by atoms with E-state index < -0.39 is 0 Å². The van der Waals surface area contributed by atoms with Crippen molar-refractivity contribution in [1.82, 2.24) is 4.90 Å². The van der Waals surface area contributed by atoms with Gasteiger partial charge in [0, 0.05) is 14.1 Å². The number of rotatable bonds is 6. The third-order valence-corrected chi connectivity index (χ3v) is 2.79. The van der Waals surface area contributed by atoms with Gasteiger partial charge in [0.25, 0.3) is 0 Å². The second kappa shape index (κ2) is 8.92. The lowest BCUT2D eigenvalue weighted by Gasteiger charge is -2.13. The van der Waals surface area contributed by atoms with Gasteiger partial charge in [-0.2, -0.15) is 0 Å². The number of nitrogens with zero attached hydrogens (tertiary/aromatic N) is 2. The van der Waals surface area contributed by atoms with E-state index in [4.69, 9.17) is 4.74 Å². The van der Waals surface area contributed by atoms with Crippen molar-refractivity contribution in [2.75, 3.05) is 32.6 Å². The molecule has 1 rings (SSSR count). The van der Waals surface area contributed by atoms with Crippen LogP contribution in [0.4, 0.5) is 11.4 Å². The highest BCUT2D eigenvalue weighted by molar-refractivity contribution is 5.95. The fraction of sp³-hybridized carbons (Fsp3) is 0.375. The molecule has 0 radical (unpaired) electrons. The largest absolute Gasteiger partial charge is 0.368 e. The van der Waals surface area contributed by atoms with Crippen molar-refractivity contribution in [1.29, 1.82) is 0 Å². The molecule has 0 saturated heterocycles. The third kappa shape index (κ3) is 6.23. The Balaban J connectivity index is 2.71. The van der Waals surface area contributed by atoms with Gasteiger partial charge in [0.05, 0.1) is 18.0 Å². The van der Waals surface area contributed by atoms with Gasteiger partial charge >= 0.3 is 0 Å². The number of carbonyl (C=O) groups excluding carboxylic acids is 1. The minimum absolute atomic E-state index is 0.0229. The minimum Gasteiger partial charge on any atom is -0.368 e. The van der Waals surface area contributed by atoms with Crippen molar-refractivity contribution < 1.29 is 9.53 Å². The van der Waals surface area contributed by atoms with Crippen LogP contribution in [-0.2, 0) is 9.53 Å². The second-order valence-corrected chi connectivity index (χ2v) is 4.70. The van der Waals surface area contributed by atoms with Crippen LogP contribution in [-0.4, -0.2) is 44.0 Å². The van der Waals surface area contributed by atoms with Crippen LogP contribution in [0.3, 0.4) is 0 Å². The van der Waals surface area contributed by atoms with Crippen molar-refractivity contribution in [3.8, 4) is 0 Å². The van der Waals surface area contributed by atoms with Gasteiger partial charge < -0.3 is 15.0 Å². The van der Waals surface area contributed by atoms with Crippen LogP contribution in [0.25, 0.3) is 0 Å². The summed E-state index contributed by atoms with van der Waals surface area (Å²) < 4.78 is 5.22. The Morgan fingerprint density at radius 1 is 1.38 bits per heavy atom. The molecule has 0 bridgehead atoms. The summed E-state index contributed by atoms with van der Waals surface area (Å²) in [7, 11) is 3.85. The maximum Gasteiger partial charge on any atom is 0.250 e. The van der Waals surface area contributed by atoms with Crippen LogP contribution in [0, 0.1) is 0 Å². The molecule has 0 heterocycles. The smallest absolute Gasteiger partial charge is 0.250 e. The van der Waals surface area contributed by atoms with Crippen molar-refractivity contribution in [3.05, 3.63) is 36.4 Å². The molecule has 0 aliphatic rings. The Hall–Kier alpha value is -2.14. The van der Waals surface area contributed by atoms with Gasteiger partial charge in [-0.3, -0.25) is 4.79 Å². The van der Waals surface area contributed by atoms with E-state index in [0.717, 1.165) is 11.5 Å². The topological polar surface area (TPSA) is 53.9 Å². The summed E-state index contributed by atoms with van der Waals surface area (Å²) in [5.74, 6) is 0.672. The average Bonchev–Trinajstić information content (AvgIpc) is 2.45. The fourth-order valence-electron chi connectivity index (χ4n) is 1.45. The van der Waals surface area contributed by atoms with Gasteiger partial charge in [-0.25, -0.2) is 4.99 Å². The first-order chi connectivity index (χ1) is 10.0. The molecule has 1 aromatic rings. The van der Waals surface area contributed by atoms with E-state index in [0.29, 0.717) is 12.3 Å². The van der Waals surface area contributed by atoms with Crippen LogP contribution in [0.1, 0.15) is 13.8 Å². The SMILES string of the molecule is CC=CCOCC(=O)Nc1ccccc1N=C(C)N(C)C. The van der Waals surface area contributed by atoms with E-state index in [-0.39, 0.29) is 12.5 Å². The zero-order chi connectivity index (χ0) is 15.7. The van der Waals surface area contributed by atoms with Gasteiger partial charge in [-0.05, 0) is 26.0 Å². The van der Waals surface area contributed by atoms with Gasteiger partial charge in [-0.15, -0.1) is 0 Å². The molecule has 0 unspecified atom stereocenters. The number of benzene rings is 1. The van der Waals surface area contributed by atoms with Crippen LogP contribution < -0.4 is 5.32 Å². The summed E-state index contributed by atoms with van der Waals surface area (Å²) in [5, 5.41) is 2.82. The number of allylic oxidation sites excluding steroid dienone is 1. The zero-order valence-corrected chi connectivity index (χ0v) is 13.1. The second-order valence-electron chi connectivity index (χ2n) is 4.70. The molecule has 0 aromatic heterocycles. The molecule has 0 aliphatic carbocycles. The van der Waals surface area contributed by atoms with Crippen LogP contribution in [0.5, 0.6) is 0 Å². The number of amides is 1. The zero-order valence-electron chi connectivity index (χ0n) is 13.1. The van der Waals surface area contributed by atoms with Gasteiger partial charge in [0.1, 0.15) is 12.4 Å². The molecule has 5 heteroatoms. The Morgan fingerprint density at radius 2 is 2.10 bits per heavy atom. The molecule has 5 nitrogen and oxygen atoms in total. The number of para-hydroxylation sites is 2. The predicted octanol–water partition coefficient (Wildman–Crippen LogP) is 2.83. The van der Waals surface area contributed by atoms with Crippen LogP contribution in [0.15, 0.2) is 41.4 Å². The Morgan fingerprint density at radius 3 is 2.76 bits per heavy atom. The van der Waals surface area contributed by atoms with E-state index in [1.54, 1.807) is 0 Å². The summed E-state index contributed by atoms with van der Waals surface area (Å²) in [5.41, 5.74) is 1.41. The van der Waals surface area contributed by atoms with E-state index >= 15 is 0 Å². The molecule has 0 atom stereocenters. The molecular weight excluding hydrogens is 266 g/mol. The quantitative estimate of drug-likeness (QED) is 0.379. The highest BCUT2D eigenvalue weighted by Gasteiger charge is 2.06. The fourth-order valence-corrected chi connectivity index (χ4v) is 1.45. The molecule has 21 heavy (non-hydrogen) atoms. The molecular formula is C16H23N3O2. The van der Waals surface area contributed by atoms with E-state index in [2.05, 4.69) is 10.3 Å². The monoisotopic (exact) mass is 289 g/mol. The maximum atomic E-state index is 11.8. The molecule has 0 aliphatic heterocycles. The lowest BCUT2D eigenvalue weighted by molar-refractivity contribution is -0.120. The molecule has 0 saturated carbocycles. The maximum absolute atomic E-state index is 11.8. The summed E-state index contributed by atoms with van der Waals surface area (Å²) >= 11 is 0. The first-order valence-electron chi connectivity index (χ1n) is 6.85. The first-order valence-corrected chi connectivity index (χ1v) is 6.85. The Labute approximate surface area is 126 Å². The van der Waals surface area contributed by atoms with Crippen molar-refractivity contribution in [3.63, 3.8) is 0 Å². The number of hydrogen-bond donors (Lipinski definition) is 1. The molecule has 1 aromatic carbocycles.